The Morgan fingerprint density at radius 2 is 1.95 bits per heavy atom. The summed E-state index contributed by atoms with van der Waals surface area (Å²) >= 11 is 0. The van der Waals surface area contributed by atoms with Gasteiger partial charge >= 0.3 is 0 Å². The van der Waals surface area contributed by atoms with E-state index in [1.165, 1.54) is 37.3 Å². The molecule has 0 heterocycles. The van der Waals surface area contributed by atoms with E-state index in [1.807, 2.05) is 6.07 Å². The molecule has 0 aliphatic heterocycles. The molecule has 0 saturated heterocycles. The summed E-state index contributed by atoms with van der Waals surface area (Å²) in [5.74, 6) is -0.569. The lowest BCUT2D eigenvalue weighted by Gasteiger charge is -2.08. The Bertz CT molecular complexity index is 706. The maximum atomic E-state index is 13.7. The maximum Gasteiger partial charge on any atom is 0.275 e. The molecule has 0 N–H and O–H groups in total. The Balaban J connectivity index is 2.31. The molecule has 0 fully saturated rings. The SMILES string of the molecule is Cc1cc(Oc2ccc(C#N)cc2)c(F)cc1[N+](=O)[O-]. The van der Waals surface area contributed by atoms with Gasteiger partial charge in [-0.1, -0.05) is 0 Å². The van der Waals surface area contributed by atoms with Crippen molar-refractivity contribution < 1.29 is 14.1 Å². The zero-order valence-electron chi connectivity index (χ0n) is 10.5. The second kappa shape index (κ2) is 5.36. The molecule has 0 amide bonds. The molecule has 100 valence electrons. The fourth-order valence-electron chi connectivity index (χ4n) is 1.64. The van der Waals surface area contributed by atoms with Gasteiger partial charge in [-0.25, -0.2) is 4.39 Å². The van der Waals surface area contributed by atoms with Gasteiger partial charge in [0.1, 0.15) is 5.75 Å². The summed E-state index contributed by atoms with van der Waals surface area (Å²) in [5.41, 5.74) is 0.465. The van der Waals surface area contributed by atoms with Crippen LogP contribution in [-0.2, 0) is 0 Å². The summed E-state index contributed by atoms with van der Waals surface area (Å²) < 4.78 is 19.1. The maximum absolute atomic E-state index is 13.7. The van der Waals surface area contributed by atoms with Gasteiger partial charge in [0.2, 0.25) is 0 Å². The van der Waals surface area contributed by atoms with E-state index >= 15 is 0 Å². The Kier molecular flexibility index (Phi) is 3.62. The molecule has 20 heavy (non-hydrogen) atoms. The predicted octanol–water partition coefficient (Wildman–Crippen LogP) is 3.71. The minimum absolute atomic E-state index is 0.0993. The zero-order valence-corrected chi connectivity index (χ0v) is 10.5. The van der Waals surface area contributed by atoms with Crippen molar-refractivity contribution in [2.75, 3.05) is 0 Å². The molecule has 0 atom stereocenters. The second-order valence-electron chi connectivity index (χ2n) is 4.06. The first-order chi connectivity index (χ1) is 9.51. The molecule has 0 aliphatic carbocycles. The van der Waals surface area contributed by atoms with Crippen LogP contribution in [0.1, 0.15) is 11.1 Å². The van der Waals surface area contributed by atoms with Gasteiger partial charge in [0.25, 0.3) is 5.69 Å². The van der Waals surface area contributed by atoms with Crippen LogP contribution in [0.2, 0.25) is 0 Å². The smallest absolute Gasteiger partial charge is 0.275 e. The van der Waals surface area contributed by atoms with E-state index in [0.717, 1.165) is 6.07 Å². The standard InChI is InChI=1S/C14H9FN2O3/c1-9-6-14(12(15)7-13(9)17(18)19)20-11-4-2-10(8-16)3-5-11/h2-7H,1H3. The van der Waals surface area contributed by atoms with Crippen molar-refractivity contribution in [2.45, 2.75) is 6.92 Å². The van der Waals surface area contributed by atoms with Crippen LogP contribution in [0.3, 0.4) is 0 Å². The molecule has 2 rings (SSSR count). The number of rotatable bonds is 3. The summed E-state index contributed by atoms with van der Waals surface area (Å²) in [6.45, 7) is 1.50. The molecule has 6 heteroatoms. The van der Waals surface area contributed by atoms with E-state index in [9.17, 15) is 14.5 Å². The molecule has 0 aromatic heterocycles. The van der Waals surface area contributed by atoms with Crippen molar-refractivity contribution in [2.24, 2.45) is 0 Å². The van der Waals surface area contributed by atoms with Gasteiger partial charge in [-0.3, -0.25) is 10.1 Å². The minimum Gasteiger partial charge on any atom is -0.454 e. The van der Waals surface area contributed by atoms with E-state index in [-0.39, 0.29) is 11.4 Å². The molecule has 0 unspecified atom stereocenters. The van der Waals surface area contributed by atoms with Crippen molar-refractivity contribution in [3.05, 3.63) is 63.5 Å². The number of halogens is 1. The van der Waals surface area contributed by atoms with Crippen LogP contribution in [0.15, 0.2) is 36.4 Å². The van der Waals surface area contributed by atoms with Crippen molar-refractivity contribution in [3.8, 4) is 17.6 Å². The molecule has 2 aromatic rings. The third kappa shape index (κ3) is 2.72. The van der Waals surface area contributed by atoms with Crippen LogP contribution in [-0.4, -0.2) is 4.92 Å². The third-order valence-corrected chi connectivity index (χ3v) is 2.66. The van der Waals surface area contributed by atoms with Crippen LogP contribution in [0.25, 0.3) is 0 Å². The normalized spacial score (nSPS) is 9.85. The Labute approximate surface area is 114 Å². The molecule has 0 bridgehead atoms. The van der Waals surface area contributed by atoms with Crippen molar-refractivity contribution >= 4 is 5.69 Å². The van der Waals surface area contributed by atoms with Crippen LogP contribution in [0, 0.1) is 34.2 Å². The summed E-state index contributed by atoms with van der Waals surface area (Å²) in [6.07, 6.45) is 0. The topological polar surface area (TPSA) is 76.2 Å². The number of hydrogen-bond donors (Lipinski definition) is 0. The minimum atomic E-state index is -0.813. The summed E-state index contributed by atoms with van der Waals surface area (Å²) in [6, 6.07) is 10.2. The average Bonchev–Trinajstić information content (AvgIpc) is 2.43. The highest BCUT2D eigenvalue weighted by Gasteiger charge is 2.16. The van der Waals surface area contributed by atoms with Crippen molar-refractivity contribution in [3.63, 3.8) is 0 Å². The van der Waals surface area contributed by atoms with Crippen LogP contribution < -0.4 is 4.74 Å². The molecular weight excluding hydrogens is 263 g/mol. The van der Waals surface area contributed by atoms with Gasteiger partial charge < -0.3 is 4.74 Å². The monoisotopic (exact) mass is 272 g/mol. The molecule has 0 aliphatic rings. The number of hydrogen-bond acceptors (Lipinski definition) is 4. The third-order valence-electron chi connectivity index (χ3n) is 2.66. The van der Waals surface area contributed by atoms with Crippen molar-refractivity contribution in [1.29, 1.82) is 5.26 Å². The van der Waals surface area contributed by atoms with Gasteiger partial charge in [0.15, 0.2) is 11.6 Å². The Morgan fingerprint density at radius 1 is 1.30 bits per heavy atom. The van der Waals surface area contributed by atoms with E-state index in [0.29, 0.717) is 16.9 Å². The zero-order chi connectivity index (χ0) is 14.7. The van der Waals surface area contributed by atoms with Gasteiger partial charge in [-0.05, 0) is 37.3 Å². The number of nitrogens with zero attached hydrogens (tertiary/aromatic N) is 2. The lowest BCUT2D eigenvalue weighted by atomic mass is 10.2. The van der Waals surface area contributed by atoms with Gasteiger partial charge in [-0.2, -0.15) is 5.26 Å². The molecule has 2 aromatic carbocycles. The molecule has 5 nitrogen and oxygen atoms in total. The molecule has 0 radical (unpaired) electrons. The van der Waals surface area contributed by atoms with Crippen LogP contribution >= 0.6 is 0 Å². The Morgan fingerprint density at radius 3 is 2.50 bits per heavy atom. The quantitative estimate of drug-likeness (QED) is 0.630. The lowest BCUT2D eigenvalue weighted by molar-refractivity contribution is -0.385. The first kappa shape index (κ1) is 13.5. The van der Waals surface area contributed by atoms with Crippen molar-refractivity contribution in [1.82, 2.24) is 0 Å². The predicted molar refractivity (Wildman–Crippen MR) is 69.0 cm³/mol. The fourth-order valence-corrected chi connectivity index (χ4v) is 1.64. The summed E-state index contributed by atoms with van der Waals surface area (Å²) in [7, 11) is 0. The number of ether oxygens (including phenoxy) is 1. The first-order valence-electron chi connectivity index (χ1n) is 5.64. The van der Waals surface area contributed by atoms with Crippen LogP contribution in [0.4, 0.5) is 10.1 Å². The highest BCUT2D eigenvalue weighted by molar-refractivity contribution is 5.47. The fraction of sp³-hybridized carbons (Fsp3) is 0.0714. The second-order valence-corrected chi connectivity index (χ2v) is 4.06. The van der Waals surface area contributed by atoms with Gasteiger partial charge in [-0.15, -0.1) is 0 Å². The highest BCUT2D eigenvalue weighted by atomic mass is 19.1. The van der Waals surface area contributed by atoms with E-state index < -0.39 is 10.7 Å². The number of aryl methyl sites for hydroxylation is 1. The number of benzene rings is 2. The summed E-state index contributed by atoms with van der Waals surface area (Å²) in [5, 5.41) is 19.3. The average molecular weight is 272 g/mol. The number of nitro benzene ring substituents is 1. The molecular formula is C14H9FN2O3. The molecule has 0 spiro atoms. The van der Waals surface area contributed by atoms with Gasteiger partial charge in [0.05, 0.1) is 22.6 Å². The first-order valence-corrected chi connectivity index (χ1v) is 5.64. The van der Waals surface area contributed by atoms with E-state index in [4.69, 9.17) is 10.00 Å². The van der Waals surface area contributed by atoms with E-state index in [1.54, 1.807) is 0 Å². The molecule has 0 saturated carbocycles. The summed E-state index contributed by atoms with van der Waals surface area (Å²) in [4.78, 5) is 10.0. The highest BCUT2D eigenvalue weighted by Crippen LogP contribution is 2.30. The van der Waals surface area contributed by atoms with E-state index in [2.05, 4.69) is 0 Å². The van der Waals surface area contributed by atoms with Gasteiger partial charge in [0, 0.05) is 5.56 Å². The van der Waals surface area contributed by atoms with Crippen LogP contribution in [0.5, 0.6) is 11.5 Å². The number of nitriles is 1. The Hall–Kier alpha value is -2.94. The lowest BCUT2D eigenvalue weighted by Crippen LogP contribution is -1.96. The number of nitro groups is 1. The largest absolute Gasteiger partial charge is 0.454 e.